The smallest absolute Gasteiger partial charge is 0.167 e. The second-order valence-electron chi connectivity index (χ2n) is 5.45. The predicted molar refractivity (Wildman–Crippen MR) is 89.8 cm³/mol. The number of benzene rings is 1. The van der Waals surface area contributed by atoms with Gasteiger partial charge in [-0.1, -0.05) is 13.8 Å². The molecule has 21 heavy (non-hydrogen) atoms. The maximum Gasteiger partial charge on any atom is 0.167 e. The zero-order valence-corrected chi connectivity index (χ0v) is 13.6. The molecule has 0 bridgehead atoms. The van der Waals surface area contributed by atoms with Crippen molar-refractivity contribution in [3.05, 3.63) is 17.9 Å². The van der Waals surface area contributed by atoms with E-state index in [0.29, 0.717) is 18.3 Å². The summed E-state index contributed by atoms with van der Waals surface area (Å²) in [5.74, 6) is 1.05. The van der Waals surface area contributed by atoms with Gasteiger partial charge in [-0.25, -0.2) is 4.39 Å². The molecule has 3 nitrogen and oxygen atoms in total. The van der Waals surface area contributed by atoms with Gasteiger partial charge in [-0.3, -0.25) is 0 Å². The summed E-state index contributed by atoms with van der Waals surface area (Å²) in [5.41, 5.74) is 7.16. The van der Waals surface area contributed by atoms with Crippen LogP contribution in [0.3, 0.4) is 0 Å². The lowest BCUT2D eigenvalue weighted by Gasteiger charge is -2.18. The van der Waals surface area contributed by atoms with Crippen LogP contribution in [0.2, 0.25) is 0 Å². The van der Waals surface area contributed by atoms with E-state index >= 15 is 0 Å². The minimum atomic E-state index is -0.391. The lowest BCUT2D eigenvalue weighted by atomic mass is 10.2. The fraction of sp³-hybridized carbons (Fsp3) is 0.625. The molecule has 5 heteroatoms. The van der Waals surface area contributed by atoms with E-state index in [1.54, 1.807) is 6.07 Å². The van der Waals surface area contributed by atoms with Gasteiger partial charge in [0.15, 0.2) is 11.6 Å². The second kappa shape index (κ2) is 7.78. The SMILES string of the molecule is CCCOc1cc(NC2CCC(SCC)C2)c(N)cc1F. The Hall–Kier alpha value is -1.10. The number of halogens is 1. The van der Waals surface area contributed by atoms with Crippen LogP contribution in [0.15, 0.2) is 12.1 Å². The van der Waals surface area contributed by atoms with Gasteiger partial charge in [0.1, 0.15) is 0 Å². The molecule has 2 unspecified atom stereocenters. The first kappa shape index (κ1) is 16.3. The van der Waals surface area contributed by atoms with Gasteiger partial charge < -0.3 is 15.8 Å². The maximum atomic E-state index is 13.8. The van der Waals surface area contributed by atoms with Crippen molar-refractivity contribution in [3.63, 3.8) is 0 Å². The largest absolute Gasteiger partial charge is 0.490 e. The summed E-state index contributed by atoms with van der Waals surface area (Å²) in [6.07, 6.45) is 4.36. The highest BCUT2D eigenvalue weighted by Crippen LogP contribution is 2.34. The Morgan fingerprint density at radius 1 is 1.38 bits per heavy atom. The van der Waals surface area contributed by atoms with E-state index in [9.17, 15) is 4.39 Å². The van der Waals surface area contributed by atoms with Crippen molar-refractivity contribution in [2.75, 3.05) is 23.4 Å². The van der Waals surface area contributed by atoms with Gasteiger partial charge in [-0.15, -0.1) is 0 Å². The van der Waals surface area contributed by atoms with Crippen LogP contribution in [0, 0.1) is 5.82 Å². The summed E-state index contributed by atoms with van der Waals surface area (Å²) in [7, 11) is 0. The third-order valence-corrected chi connectivity index (χ3v) is 4.95. The van der Waals surface area contributed by atoms with Crippen LogP contribution >= 0.6 is 11.8 Å². The summed E-state index contributed by atoms with van der Waals surface area (Å²) >= 11 is 2.02. The third kappa shape index (κ3) is 4.43. The number of hydrogen-bond acceptors (Lipinski definition) is 4. The molecule has 0 aliphatic heterocycles. The van der Waals surface area contributed by atoms with Crippen molar-refractivity contribution in [2.45, 2.75) is 50.8 Å². The average Bonchev–Trinajstić information content (AvgIpc) is 2.88. The van der Waals surface area contributed by atoms with Crippen LogP contribution in [0.4, 0.5) is 15.8 Å². The molecule has 3 N–H and O–H groups in total. The lowest BCUT2D eigenvalue weighted by Crippen LogP contribution is -2.17. The molecule has 0 radical (unpaired) electrons. The Morgan fingerprint density at radius 3 is 2.90 bits per heavy atom. The number of nitrogens with one attached hydrogen (secondary N) is 1. The van der Waals surface area contributed by atoms with Crippen molar-refractivity contribution in [2.24, 2.45) is 0 Å². The number of anilines is 2. The molecule has 2 rings (SSSR count). The number of rotatable bonds is 7. The van der Waals surface area contributed by atoms with Gasteiger partial charge in [0, 0.05) is 23.4 Å². The van der Waals surface area contributed by atoms with E-state index < -0.39 is 5.82 Å². The fourth-order valence-electron chi connectivity index (χ4n) is 2.69. The van der Waals surface area contributed by atoms with Crippen molar-refractivity contribution in [1.29, 1.82) is 0 Å². The first-order valence-electron chi connectivity index (χ1n) is 7.74. The van der Waals surface area contributed by atoms with Crippen LogP contribution in [-0.2, 0) is 0 Å². The maximum absolute atomic E-state index is 13.8. The van der Waals surface area contributed by atoms with Crippen molar-refractivity contribution in [1.82, 2.24) is 0 Å². The normalized spacial score (nSPS) is 21.5. The molecule has 1 aromatic carbocycles. The number of nitrogen functional groups attached to an aromatic ring is 1. The van der Waals surface area contributed by atoms with E-state index in [0.717, 1.165) is 36.0 Å². The summed E-state index contributed by atoms with van der Waals surface area (Å²) in [6.45, 7) is 4.71. The second-order valence-corrected chi connectivity index (χ2v) is 7.03. The molecule has 0 saturated heterocycles. The number of ether oxygens (including phenoxy) is 1. The van der Waals surface area contributed by atoms with Gasteiger partial charge in [-0.2, -0.15) is 11.8 Å². The van der Waals surface area contributed by atoms with Crippen LogP contribution in [0.25, 0.3) is 0 Å². The van der Waals surface area contributed by atoms with E-state index in [1.165, 1.54) is 12.5 Å². The summed E-state index contributed by atoms with van der Waals surface area (Å²) < 4.78 is 19.2. The molecule has 0 spiro atoms. The minimum absolute atomic E-state index is 0.283. The first-order valence-corrected chi connectivity index (χ1v) is 8.78. The molecule has 0 aromatic heterocycles. The minimum Gasteiger partial charge on any atom is -0.490 e. The molecule has 0 amide bonds. The quantitative estimate of drug-likeness (QED) is 0.738. The lowest BCUT2D eigenvalue weighted by molar-refractivity contribution is 0.301. The van der Waals surface area contributed by atoms with Crippen LogP contribution in [-0.4, -0.2) is 23.7 Å². The monoisotopic (exact) mass is 312 g/mol. The molecule has 1 fully saturated rings. The standard InChI is InChI=1S/C16H25FN2OS/c1-3-7-20-16-10-15(14(18)9-13(16)17)19-11-5-6-12(8-11)21-4-2/h9-12,19H,3-8,18H2,1-2H3. The highest BCUT2D eigenvalue weighted by molar-refractivity contribution is 7.99. The number of thioether (sulfide) groups is 1. The molecule has 0 heterocycles. The zero-order valence-electron chi connectivity index (χ0n) is 12.8. The van der Waals surface area contributed by atoms with Gasteiger partial charge in [0.25, 0.3) is 0 Å². The third-order valence-electron chi connectivity index (χ3n) is 3.71. The predicted octanol–water partition coefficient (Wildman–Crippen LogP) is 4.28. The van der Waals surface area contributed by atoms with Crippen LogP contribution in [0.1, 0.15) is 39.5 Å². The van der Waals surface area contributed by atoms with Gasteiger partial charge >= 0.3 is 0 Å². The molecule has 1 aromatic rings. The van der Waals surface area contributed by atoms with Crippen molar-refractivity contribution < 1.29 is 9.13 Å². The Kier molecular flexibility index (Phi) is 6.03. The summed E-state index contributed by atoms with van der Waals surface area (Å²) in [6, 6.07) is 3.46. The molecule has 118 valence electrons. The van der Waals surface area contributed by atoms with Gasteiger partial charge in [0.2, 0.25) is 0 Å². The van der Waals surface area contributed by atoms with Crippen molar-refractivity contribution >= 4 is 23.1 Å². The molecule has 1 aliphatic rings. The Balaban J connectivity index is 2.02. The van der Waals surface area contributed by atoms with Gasteiger partial charge in [-0.05, 0) is 31.4 Å². The van der Waals surface area contributed by atoms with E-state index in [2.05, 4.69) is 12.2 Å². The molecule has 1 aliphatic carbocycles. The molecule has 1 saturated carbocycles. The first-order chi connectivity index (χ1) is 10.1. The molecule has 2 atom stereocenters. The zero-order chi connectivity index (χ0) is 15.2. The molecular formula is C16H25FN2OS. The summed E-state index contributed by atoms with van der Waals surface area (Å²) in [4.78, 5) is 0. The Bertz CT molecular complexity index is 470. The number of nitrogens with two attached hydrogens (primary N) is 1. The van der Waals surface area contributed by atoms with Crippen molar-refractivity contribution in [3.8, 4) is 5.75 Å². The van der Waals surface area contributed by atoms with E-state index in [4.69, 9.17) is 10.5 Å². The van der Waals surface area contributed by atoms with Gasteiger partial charge in [0.05, 0.1) is 18.0 Å². The van der Waals surface area contributed by atoms with E-state index in [-0.39, 0.29) is 5.75 Å². The number of hydrogen-bond donors (Lipinski definition) is 2. The summed E-state index contributed by atoms with van der Waals surface area (Å²) in [5, 5.41) is 4.18. The average molecular weight is 312 g/mol. The fourth-order valence-corrected chi connectivity index (χ4v) is 3.84. The molecular weight excluding hydrogens is 287 g/mol. The van der Waals surface area contributed by atoms with Crippen LogP contribution in [0.5, 0.6) is 5.75 Å². The highest BCUT2D eigenvalue weighted by Gasteiger charge is 2.25. The Morgan fingerprint density at radius 2 is 2.19 bits per heavy atom. The van der Waals surface area contributed by atoms with Crippen LogP contribution < -0.4 is 15.8 Å². The topological polar surface area (TPSA) is 47.3 Å². The Labute approximate surface area is 130 Å². The van der Waals surface area contributed by atoms with E-state index in [1.807, 2.05) is 18.7 Å². The highest BCUT2D eigenvalue weighted by atomic mass is 32.2.